The van der Waals surface area contributed by atoms with E-state index in [0.29, 0.717) is 5.56 Å². The van der Waals surface area contributed by atoms with Gasteiger partial charge in [-0.05, 0) is 12.5 Å². The van der Waals surface area contributed by atoms with Crippen molar-refractivity contribution in [1.82, 2.24) is 9.13 Å². The summed E-state index contributed by atoms with van der Waals surface area (Å²) in [7, 11) is 0. The highest BCUT2D eigenvalue weighted by molar-refractivity contribution is 5.69. The topological polar surface area (TPSA) is 117 Å². The van der Waals surface area contributed by atoms with Gasteiger partial charge >= 0.3 is 11.7 Å². The van der Waals surface area contributed by atoms with Crippen molar-refractivity contribution in [3.63, 3.8) is 0 Å². The molecule has 23 heavy (non-hydrogen) atoms. The van der Waals surface area contributed by atoms with Crippen LogP contribution in [0.1, 0.15) is 12.5 Å². The smallest absolute Gasteiger partial charge is 0.331 e. The van der Waals surface area contributed by atoms with Crippen LogP contribution in [-0.2, 0) is 22.6 Å². The molecule has 0 spiro atoms. The number of hydrogen-bond donors (Lipinski definition) is 1. The van der Waals surface area contributed by atoms with Crippen molar-refractivity contribution >= 4 is 11.7 Å². The molecule has 1 aromatic carbocycles. The number of rotatable bonds is 6. The third-order valence-electron chi connectivity index (χ3n) is 3.09. The van der Waals surface area contributed by atoms with E-state index < -0.39 is 16.6 Å². The highest BCUT2D eigenvalue weighted by Gasteiger charge is 2.15. The highest BCUT2D eigenvalue weighted by Crippen LogP contribution is 2.16. The maximum Gasteiger partial charge on any atom is 0.331 e. The number of nitrogens with zero attached hydrogens (tertiary/aromatic N) is 3. The zero-order valence-corrected chi connectivity index (χ0v) is 12.3. The van der Waals surface area contributed by atoms with Gasteiger partial charge in [0.05, 0.1) is 24.3 Å². The molecule has 0 saturated carbocycles. The molecule has 0 radical (unpaired) electrons. The fraction of sp³-hybridized carbons (Fsp3) is 0.286. The van der Waals surface area contributed by atoms with Crippen molar-refractivity contribution in [1.29, 1.82) is 0 Å². The fourth-order valence-electron chi connectivity index (χ4n) is 2.08. The van der Waals surface area contributed by atoms with Crippen molar-refractivity contribution in [3.05, 3.63) is 56.6 Å². The summed E-state index contributed by atoms with van der Waals surface area (Å²) in [6, 6.07) is 5.74. The quantitative estimate of drug-likeness (QED) is 0.479. The summed E-state index contributed by atoms with van der Waals surface area (Å²) >= 11 is 0. The average Bonchev–Trinajstić information content (AvgIpc) is 2.75. The van der Waals surface area contributed by atoms with Crippen LogP contribution in [0.3, 0.4) is 0 Å². The Balaban J connectivity index is 2.26. The van der Waals surface area contributed by atoms with Gasteiger partial charge in [0.15, 0.2) is 0 Å². The van der Waals surface area contributed by atoms with Crippen LogP contribution in [0.25, 0.3) is 0 Å². The molecule has 9 heteroatoms. The van der Waals surface area contributed by atoms with Gasteiger partial charge in [0.2, 0.25) is 5.88 Å². The number of esters is 1. The van der Waals surface area contributed by atoms with Crippen molar-refractivity contribution < 1.29 is 19.6 Å². The van der Waals surface area contributed by atoms with E-state index in [1.807, 2.05) is 0 Å². The molecule has 1 N–H and O–H groups in total. The molecule has 0 aliphatic heterocycles. The van der Waals surface area contributed by atoms with Gasteiger partial charge in [0.25, 0.3) is 5.69 Å². The molecule has 1 heterocycles. The molecule has 0 unspecified atom stereocenters. The first kappa shape index (κ1) is 16.3. The number of hydrogen-bond acceptors (Lipinski definition) is 6. The van der Waals surface area contributed by atoms with Gasteiger partial charge in [-0.2, -0.15) is 0 Å². The Morgan fingerprint density at radius 3 is 2.83 bits per heavy atom. The Bertz CT molecular complexity index is 792. The Morgan fingerprint density at radius 2 is 2.17 bits per heavy atom. The van der Waals surface area contributed by atoms with E-state index in [0.717, 1.165) is 15.3 Å². The minimum atomic E-state index is -0.609. The Labute approximate surface area is 130 Å². The maximum atomic E-state index is 12.2. The summed E-state index contributed by atoms with van der Waals surface area (Å²) in [6.07, 6.45) is 1.12. The lowest BCUT2D eigenvalue weighted by atomic mass is 10.2. The molecule has 1 aromatic heterocycles. The number of carbonyl (C=O) groups is 1. The maximum absolute atomic E-state index is 12.2. The largest absolute Gasteiger partial charge is 0.493 e. The molecule has 9 nitrogen and oxygen atoms in total. The molecule has 0 aliphatic rings. The predicted octanol–water partition coefficient (Wildman–Crippen LogP) is 0.875. The molecule has 2 rings (SSSR count). The van der Waals surface area contributed by atoms with Gasteiger partial charge in [-0.15, -0.1) is 0 Å². The number of imidazole rings is 1. The van der Waals surface area contributed by atoms with Gasteiger partial charge in [0.1, 0.15) is 6.54 Å². The minimum absolute atomic E-state index is 0.0534. The normalized spacial score (nSPS) is 10.5. The number of aromatic hydroxyl groups is 1. The molecule has 0 bridgehead atoms. The molecule has 122 valence electrons. The summed E-state index contributed by atoms with van der Waals surface area (Å²) in [5.41, 5.74) is -0.242. The fourth-order valence-corrected chi connectivity index (χ4v) is 2.08. The second kappa shape index (κ2) is 6.77. The zero-order chi connectivity index (χ0) is 17.0. The van der Waals surface area contributed by atoms with Crippen LogP contribution in [0.15, 0.2) is 35.3 Å². The number of nitro benzene ring substituents is 1. The van der Waals surface area contributed by atoms with Crippen molar-refractivity contribution in [2.45, 2.75) is 20.0 Å². The lowest BCUT2D eigenvalue weighted by Gasteiger charge is -2.04. The minimum Gasteiger partial charge on any atom is -0.493 e. The Morgan fingerprint density at radius 1 is 1.43 bits per heavy atom. The number of ether oxygens (including phenoxy) is 1. The average molecular weight is 321 g/mol. The molecule has 0 amide bonds. The Kier molecular flexibility index (Phi) is 4.79. The van der Waals surface area contributed by atoms with Crippen LogP contribution in [-0.4, -0.2) is 31.7 Å². The number of benzene rings is 1. The molecule has 0 fully saturated rings. The van der Waals surface area contributed by atoms with E-state index in [2.05, 4.69) is 0 Å². The van der Waals surface area contributed by atoms with Crippen LogP contribution in [0.5, 0.6) is 5.88 Å². The van der Waals surface area contributed by atoms with E-state index >= 15 is 0 Å². The summed E-state index contributed by atoms with van der Waals surface area (Å²) in [5, 5.41) is 20.6. The molecule has 2 aromatic rings. The lowest BCUT2D eigenvalue weighted by molar-refractivity contribution is -0.384. The van der Waals surface area contributed by atoms with Crippen LogP contribution in [0.2, 0.25) is 0 Å². The van der Waals surface area contributed by atoms with E-state index in [-0.39, 0.29) is 31.3 Å². The van der Waals surface area contributed by atoms with E-state index in [1.54, 1.807) is 13.0 Å². The number of non-ortho nitro benzene ring substituents is 1. The molecule has 0 atom stereocenters. The predicted molar refractivity (Wildman–Crippen MR) is 79.2 cm³/mol. The summed E-state index contributed by atoms with van der Waals surface area (Å²) < 4.78 is 6.78. The molecule has 0 saturated heterocycles. The Hall–Kier alpha value is -3.10. The van der Waals surface area contributed by atoms with E-state index in [1.165, 1.54) is 18.2 Å². The van der Waals surface area contributed by atoms with Gasteiger partial charge in [0, 0.05) is 12.1 Å². The number of nitro groups is 1. The second-order valence-electron chi connectivity index (χ2n) is 4.72. The summed E-state index contributed by atoms with van der Waals surface area (Å²) in [5.74, 6) is -0.937. The van der Waals surface area contributed by atoms with E-state index in [4.69, 9.17) is 4.74 Å². The highest BCUT2D eigenvalue weighted by atomic mass is 16.6. The van der Waals surface area contributed by atoms with Gasteiger partial charge in [-0.3, -0.25) is 24.0 Å². The monoisotopic (exact) mass is 321 g/mol. The van der Waals surface area contributed by atoms with Crippen molar-refractivity contribution in [2.24, 2.45) is 0 Å². The summed E-state index contributed by atoms with van der Waals surface area (Å²) in [4.78, 5) is 33.8. The number of aromatic nitrogens is 2. The van der Waals surface area contributed by atoms with Crippen LogP contribution in [0.4, 0.5) is 5.69 Å². The first-order chi connectivity index (χ1) is 10.9. The van der Waals surface area contributed by atoms with Crippen molar-refractivity contribution in [3.8, 4) is 5.88 Å². The molecule has 0 aliphatic carbocycles. The van der Waals surface area contributed by atoms with Gasteiger partial charge in [-0.1, -0.05) is 12.1 Å². The first-order valence-corrected chi connectivity index (χ1v) is 6.80. The molecular weight excluding hydrogens is 306 g/mol. The van der Waals surface area contributed by atoms with Gasteiger partial charge in [-0.25, -0.2) is 4.79 Å². The first-order valence-electron chi connectivity index (χ1n) is 6.80. The lowest BCUT2D eigenvalue weighted by Crippen LogP contribution is -2.27. The third-order valence-corrected chi connectivity index (χ3v) is 3.09. The van der Waals surface area contributed by atoms with Crippen molar-refractivity contribution in [2.75, 3.05) is 6.61 Å². The standard InChI is InChI=1S/C14H15N3O6/c1-2-23-13(19)9-15-8-12(18)16(14(15)20)7-10-4-3-5-11(6-10)17(21)22/h3-6,8,18H,2,7,9H2,1H3. The van der Waals surface area contributed by atoms with Crippen LogP contribution < -0.4 is 5.69 Å². The third kappa shape index (κ3) is 3.76. The van der Waals surface area contributed by atoms with E-state index in [9.17, 15) is 24.8 Å². The SMILES string of the molecule is CCOC(=O)Cn1cc(O)n(Cc2cccc([N+](=O)[O-])c2)c1=O. The van der Waals surface area contributed by atoms with Crippen LogP contribution >= 0.6 is 0 Å². The number of carbonyl (C=O) groups excluding carboxylic acids is 1. The summed E-state index contributed by atoms with van der Waals surface area (Å²) in [6.45, 7) is 1.46. The van der Waals surface area contributed by atoms with Gasteiger partial charge < -0.3 is 9.84 Å². The molecular formula is C14H15N3O6. The zero-order valence-electron chi connectivity index (χ0n) is 12.3. The van der Waals surface area contributed by atoms with Crippen LogP contribution in [0, 0.1) is 10.1 Å². The second-order valence-corrected chi connectivity index (χ2v) is 4.72.